The Kier molecular flexibility index (Phi) is 6.22. The van der Waals surface area contributed by atoms with Gasteiger partial charge >= 0.3 is 0 Å². The molecule has 4 rings (SSSR count). The quantitative estimate of drug-likeness (QED) is 0.546. The van der Waals surface area contributed by atoms with E-state index in [-0.39, 0.29) is 11.3 Å². The molecule has 31 heavy (non-hydrogen) atoms. The monoisotopic (exact) mass is 439 g/mol. The number of aryl methyl sites for hydroxylation is 2. The fourth-order valence-electron chi connectivity index (χ4n) is 4.12. The molecule has 1 saturated heterocycles. The Labute approximate surface area is 189 Å². The summed E-state index contributed by atoms with van der Waals surface area (Å²) in [4.78, 5) is 22.5. The molecule has 0 atom stereocenters. The van der Waals surface area contributed by atoms with Crippen LogP contribution in [-0.2, 0) is 18.4 Å². The summed E-state index contributed by atoms with van der Waals surface area (Å²) in [7, 11) is 0. The molecule has 1 amide bonds. The van der Waals surface area contributed by atoms with Gasteiger partial charge in [0.05, 0.1) is 10.7 Å². The normalized spacial score (nSPS) is 16.1. The van der Waals surface area contributed by atoms with Crippen molar-refractivity contribution in [2.75, 3.05) is 26.2 Å². The fraction of sp³-hybridized carbons (Fsp3) is 0.520. The molecule has 0 radical (unpaired) electrons. The Bertz CT molecular complexity index is 1080. The van der Waals surface area contributed by atoms with Crippen LogP contribution in [0.4, 0.5) is 0 Å². The van der Waals surface area contributed by atoms with E-state index in [2.05, 4.69) is 50.1 Å². The molecule has 6 heteroatoms. The van der Waals surface area contributed by atoms with Gasteiger partial charge in [0.15, 0.2) is 5.76 Å². The molecule has 0 N–H and O–H groups in total. The summed E-state index contributed by atoms with van der Waals surface area (Å²) in [6, 6.07) is 6.21. The second-order valence-electron chi connectivity index (χ2n) is 9.56. The van der Waals surface area contributed by atoms with Crippen LogP contribution in [0.3, 0.4) is 0 Å². The number of rotatable bonds is 4. The summed E-state index contributed by atoms with van der Waals surface area (Å²) in [6.45, 7) is 14.9. The molecule has 1 aliphatic rings. The van der Waals surface area contributed by atoms with E-state index in [9.17, 15) is 4.79 Å². The van der Waals surface area contributed by atoms with Gasteiger partial charge in [-0.3, -0.25) is 9.69 Å². The largest absolute Gasteiger partial charge is 0.451 e. The predicted octanol–water partition coefficient (Wildman–Crippen LogP) is 5.41. The second-order valence-corrected chi connectivity index (χ2v) is 10.4. The van der Waals surface area contributed by atoms with E-state index in [0.29, 0.717) is 12.3 Å². The van der Waals surface area contributed by atoms with Gasteiger partial charge in [0, 0.05) is 54.5 Å². The van der Waals surface area contributed by atoms with Crippen molar-refractivity contribution in [1.82, 2.24) is 14.8 Å². The highest BCUT2D eigenvalue weighted by molar-refractivity contribution is 7.09. The fourth-order valence-corrected chi connectivity index (χ4v) is 5.02. The van der Waals surface area contributed by atoms with Crippen molar-refractivity contribution in [3.63, 3.8) is 0 Å². The van der Waals surface area contributed by atoms with Crippen LogP contribution in [0, 0.1) is 6.92 Å². The smallest absolute Gasteiger partial charge is 0.289 e. The highest BCUT2D eigenvalue weighted by Crippen LogP contribution is 2.28. The lowest BCUT2D eigenvalue weighted by Gasteiger charge is -2.21. The minimum absolute atomic E-state index is 0.0114. The summed E-state index contributed by atoms with van der Waals surface area (Å²) < 4.78 is 6.00. The van der Waals surface area contributed by atoms with Crippen LogP contribution in [-0.4, -0.2) is 46.9 Å². The molecule has 0 unspecified atom stereocenters. The number of benzene rings is 1. The third-order valence-corrected chi connectivity index (χ3v) is 7.37. The van der Waals surface area contributed by atoms with Gasteiger partial charge in [0.1, 0.15) is 5.58 Å². The standard InChI is InChI=1S/C25H33N3O2S/c1-6-18-8-9-21-20(14-18)17(2)22(30-21)23(29)28-11-7-10-27(12-13-28)15-19-16-31-24(26-19)25(3,4)5/h8-9,14,16H,6-7,10-13,15H2,1-5H3. The molecule has 0 bridgehead atoms. The average Bonchev–Trinajstić information content (AvgIpc) is 3.26. The molecular formula is C25H33N3O2S. The molecule has 2 aromatic heterocycles. The van der Waals surface area contributed by atoms with Gasteiger partial charge in [-0.15, -0.1) is 11.3 Å². The number of hydrogen-bond donors (Lipinski definition) is 0. The molecule has 0 spiro atoms. The first kappa shape index (κ1) is 22.0. The van der Waals surface area contributed by atoms with Crippen LogP contribution in [0.15, 0.2) is 28.0 Å². The molecule has 1 fully saturated rings. The second kappa shape index (κ2) is 8.75. The van der Waals surface area contributed by atoms with Crippen molar-refractivity contribution in [2.45, 2.75) is 59.4 Å². The topological polar surface area (TPSA) is 49.6 Å². The van der Waals surface area contributed by atoms with Crippen molar-refractivity contribution in [3.8, 4) is 0 Å². The van der Waals surface area contributed by atoms with Gasteiger partial charge in [0.2, 0.25) is 0 Å². The lowest BCUT2D eigenvalue weighted by molar-refractivity contribution is 0.0730. The zero-order valence-electron chi connectivity index (χ0n) is 19.3. The summed E-state index contributed by atoms with van der Waals surface area (Å²) >= 11 is 1.74. The number of amides is 1. The molecule has 0 saturated carbocycles. The molecule has 0 aliphatic carbocycles. The van der Waals surface area contributed by atoms with E-state index in [1.807, 2.05) is 17.9 Å². The maximum atomic E-state index is 13.3. The van der Waals surface area contributed by atoms with E-state index >= 15 is 0 Å². The van der Waals surface area contributed by atoms with Crippen LogP contribution < -0.4 is 0 Å². The zero-order valence-corrected chi connectivity index (χ0v) is 20.1. The summed E-state index contributed by atoms with van der Waals surface area (Å²) in [5.41, 5.74) is 4.24. The van der Waals surface area contributed by atoms with Gasteiger partial charge in [-0.2, -0.15) is 0 Å². The first-order chi connectivity index (χ1) is 14.8. The zero-order chi connectivity index (χ0) is 22.2. The SMILES string of the molecule is CCc1ccc2oc(C(=O)N3CCCN(Cc4csc(C(C)(C)C)n4)CC3)c(C)c2c1. The number of hydrogen-bond acceptors (Lipinski definition) is 5. The predicted molar refractivity (Wildman–Crippen MR) is 127 cm³/mol. The number of aromatic nitrogens is 1. The Balaban J connectivity index is 1.44. The van der Waals surface area contributed by atoms with Crippen LogP contribution in [0.5, 0.6) is 0 Å². The van der Waals surface area contributed by atoms with Crippen LogP contribution in [0.2, 0.25) is 0 Å². The first-order valence-corrected chi connectivity index (χ1v) is 12.1. The van der Waals surface area contributed by atoms with Crippen molar-refractivity contribution in [1.29, 1.82) is 0 Å². The Hall–Kier alpha value is -2.18. The third-order valence-electron chi connectivity index (χ3n) is 6.06. The highest BCUT2D eigenvalue weighted by atomic mass is 32.1. The van der Waals surface area contributed by atoms with E-state index < -0.39 is 0 Å². The minimum Gasteiger partial charge on any atom is -0.451 e. The Morgan fingerprint density at radius 1 is 1.19 bits per heavy atom. The number of carbonyl (C=O) groups excluding carboxylic acids is 1. The number of nitrogens with zero attached hydrogens (tertiary/aromatic N) is 3. The molecular weight excluding hydrogens is 406 g/mol. The van der Waals surface area contributed by atoms with Crippen LogP contribution in [0.1, 0.15) is 66.5 Å². The van der Waals surface area contributed by atoms with Gasteiger partial charge in [-0.05, 0) is 37.5 Å². The first-order valence-electron chi connectivity index (χ1n) is 11.2. The van der Waals surface area contributed by atoms with E-state index in [4.69, 9.17) is 9.40 Å². The van der Waals surface area contributed by atoms with Crippen molar-refractivity contribution in [3.05, 3.63) is 51.2 Å². The Morgan fingerprint density at radius 3 is 2.71 bits per heavy atom. The van der Waals surface area contributed by atoms with Gasteiger partial charge in [-0.25, -0.2) is 4.98 Å². The van der Waals surface area contributed by atoms with Gasteiger partial charge < -0.3 is 9.32 Å². The summed E-state index contributed by atoms with van der Waals surface area (Å²) in [5, 5.41) is 4.41. The lowest BCUT2D eigenvalue weighted by Crippen LogP contribution is -2.35. The molecule has 166 valence electrons. The van der Waals surface area contributed by atoms with E-state index in [1.54, 1.807) is 11.3 Å². The van der Waals surface area contributed by atoms with Gasteiger partial charge in [-0.1, -0.05) is 33.8 Å². The third kappa shape index (κ3) is 4.70. The van der Waals surface area contributed by atoms with Crippen LogP contribution in [0.25, 0.3) is 11.0 Å². The summed E-state index contributed by atoms with van der Waals surface area (Å²) in [5.74, 6) is 0.503. The molecule has 3 aromatic rings. The molecule has 3 heterocycles. The average molecular weight is 440 g/mol. The van der Waals surface area contributed by atoms with E-state index in [1.165, 1.54) is 10.6 Å². The molecule has 1 aromatic carbocycles. The van der Waals surface area contributed by atoms with Crippen LogP contribution >= 0.6 is 11.3 Å². The summed E-state index contributed by atoms with van der Waals surface area (Å²) in [6.07, 6.45) is 1.93. The molecule has 1 aliphatic heterocycles. The number of furan rings is 1. The lowest BCUT2D eigenvalue weighted by atomic mass is 9.98. The number of thiazole rings is 1. The minimum atomic E-state index is 0.0114. The maximum Gasteiger partial charge on any atom is 0.289 e. The molecule has 5 nitrogen and oxygen atoms in total. The maximum absolute atomic E-state index is 13.3. The van der Waals surface area contributed by atoms with Crippen molar-refractivity contribution >= 4 is 28.2 Å². The highest BCUT2D eigenvalue weighted by Gasteiger charge is 2.26. The number of carbonyl (C=O) groups is 1. The van der Waals surface area contributed by atoms with Crippen molar-refractivity contribution < 1.29 is 9.21 Å². The number of fused-ring (bicyclic) bond motifs is 1. The van der Waals surface area contributed by atoms with Gasteiger partial charge in [0.25, 0.3) is 5.91 Å². The van der Waals surface area contributed by atoms with Crippen molar-refractivity contribution in [2.24, 2.45) is 0 Å². The Morgan fingerprint density at radius 2 is 2.00 bits per heavy atom. The van der Waals surface area contributed by atoms with E-state index in [0.717, 1.165) is 61.2 Å².